The second-order valence-electron chi connectivity index (χ2n) is 3.97. The van der Waals surface area contributed by atoms with E-state index in [0.29, 0.717) is 11.5 Å². The first kappa shape index (κ1) is 11.9. The molecule has 2 aromatic rings. The molecule has 6 nitrogen and oxygen atoms in total. The molecule has 3 heterocycles. The number of halogens is 1. The molecule has 0 unspecified atom stereocenters. The fourth-order valence-corrected chi connectivity index (χ4v) is 2.11. The fourth-order valence-electron chi connectivity index (χ4n) is 1.76. The lowest BCUT2D eigenvalue weighted by atomic mass is 10.3. The van der Waals surface area contributed by atoms with Crippen LogP contribution in [0.3, 0.4) is 0 Å². The van der Waals surface area contributed by atoms with Gasteiger partial charge >= 0.3 is 0 Å². The van der Waals surface area contributed by atoms with Gasteiger partial charge in [0.05, 0.1) is 16.4 Å². The SMILES string of the molecule is Nc1cc(NC2=CN=CCC=C2)n2ncc(Br)c2n1. The minimum absolute atomic E-state index is 0.429. The van der Waals surface area contributed by atoms with Crippen LogP contribution in [0, 0.1) is 0 Å². The average Bonchev–Trinajstić information content (AvgIpc) is 2.62. The van der Waals surface area contributed by atoms with Gasteiger partial charge in [0, 0.05) is 24.9 Å². The third kappa shape index (κ3) is 2.37. The maximum absolute atomic E-state index is 5.81. The molecule has 0 aromatic carbocycles. The first-order chi connectivity index (χ1) is 9.24. The van der Waals surface area contributed by atoms with E-state index in [9.17, 15) is 0 Å². The number of hydrogen-bond acceptors (Lipinski definition) is 5. The van der Waals surface area contributed by atoms with Gasteiger partial charge in [0.1, 0.15) is 11.6 Å². The van der Waals surface area contributed by atoms with Crippen molar-refractivity contribution in [2.75, 3.05) is 11.1 Å². The van der Waals surface area contributed by atoms with E-state index < -0.39 is 0 Å². The molecule has 0 saturated heterocycles. The smallest absolute Gasteiger partial charge is 0.173 e. The number of fused-ring (bicyclic) bond motifs is 1. The summed E-state index contributed by atoms with van der Waals surface area (Å²) >= 11 is 3.39. The standard InChI is InChI=1S/C12H11BrN6/c13-9-7-16-19-11(5-10(14)18-12(9)19)17-8-3-1-2-4-15-6-8/h1,3-7,17H,2H2,(H2,14,18). The highest BCUT2D eigenvalue weighted by Gasteiger charge is 2.09. The van der Waals surface area contributed by atoms with Crippen LogP contribution in [0.25, 0.3) is 5.65 Å². The molecule has 1 aliphatic rings. The maximum atomic E-state index is 5.81. The minimum atomic E-state index is 0.429. The van der Waals surface area contributed by atoms with Crippen molar-refractivity contribution >= 4 is 39.4 Å². The molecule has 19 heavy (non-hydrogen) atoms. The van der Waals surface area contributed by atoms with Crippen LogP contribution >= 0.6 is 15.9 Å². The number of nitrogens with one attached hydrogen (secondary N) is 1. The molecule has 0 atom stereocenters. The van der Waals surface area contributed by atoms with E-state index >= 15 is 0 Å². The van der Waals surface area contributed by atoms with Gasteiger partial charge in [-0.2, -0.15) is 9.61 Å². The highest BCUT2D eigenvalue weighted by atomic mass is 79.9. The molecule has 0 aliphatic carbocycles. The summed E-state index contributed by atoms with van der Waals surface area (Å²) in [6, 6.07) is 1.73. The summed E-state index contributed by atoms with van der Waals surface area (Å²) in [6.45, 7) is 0. The highest BCUT2D eigenvalue weighted by molar-refractivity contribution is 9.10. The molecular formula is C12H11BrN6. The van der Waals surface area contributed by atoms with Crippen LogP contribution in [0.5, 0.6) is 0 Å². The van der Waals surface area contributed by atoms with Gasteiger partial charge in [-0.15, -0.1) is 0 Å². The van der Waals surface area contributed by atoms with Crippen molar-refractivity contribution in [2.24, 2.45) is 4.99 Å². The van der Waals surface area contributed by atoms with Crippen LogP contribution in [0.1, 0.15) is 6.42 Å². The number of anilines is 2. The Labute approximate surface area is 117 Å². The lowest BCUT2D eigenvalue weighted by Crippen LogP contribution is -2.06. The molecular weight excluding hydrogens is 308 g/mol. The number of nitrogens with zero attached hydrogens (tertiary/aromatic N) is 4. The van der Waals surface area contributed by atoms with E-state index in [2.05, 4.69) is 36.3 Å². The Morgan fingerprint density at radius 2 is 2.32 bits per heavy atom. The molecule has 1 aliphatic heterocycles. The van der Waals surface area contributed by atoms with E-state index in [0.717, 1.165) is 22.4 Å². The highest BCUT2D eigenvalue weighted by Crippen LogP contribution is 2.22. The van der Waals surface area contributed by atoms with Crippen molar-refractivity contribution < 1.29 is 0 Å². The Bertz CT molecular complexity index is 712. The largest absolute Gasteiger partial charge is 0.384 e. The summed E-state index contributed by atoms with van der Waals surface area (Å²) in [6.07, 6.45) is 10.1. The molecule has 0 spiro atoms. The molecule has 0 amide bonds. The normalized spacial score (nSPS) is 14.5. The molecule has 3 N–H and O–H groups in total. The second kappa shape index (κ2) is 4.85. The van der Waals surface area contributed by atoms with Crippen molar-refractivity contribution in [3.05, 3.63) is 40.8 Å². The summed E-state index contributed by atoms with van der Waals surface area (Å²) < 4.78 is 2.48. The van der Waals surface area contributed by atoms with Gasteiger partial charge in [-0.1, -0.05) is 6.08 Å². The van der Waals surface area contributed by atoms with Gasteiger partial charge < -0.3 is 11.1 Å². The summed E-state index contributed by atoms with van der Waals surface area (Å²) in [7, 11) is 0. The second-order valence-corrected chi connectivity index (χ2v) is 4.83. The van der Waals surface area contributed by atoms with Gasteiger partial charge in [-0.3, -0.25) is 4.99 Å². The predicted octanol–water partition coefficient (Wildman–Crippen LogP) is 2.36. The van der Waals surface area contributed by atoms with Crippen molar-refractivity contribution in [1.29, 1.82) is 0 Å². The number of aliphatic imine (C=N–C) groups is 1. The molecule has 7 heteroatoms. The van der Waals surface area contributed by atoms with Crippen LogP contribution in [0.15, 0.2) is 45.8 Å². The third-order valence-corrected chi connectivity index (χ3v) is 3.14. The Morgan fingerprint density at radius 3 is 3.21 bits per heavy atom. The number of nitrogens with two attached hydrogens (primary N) is 1. The van der Waals surface area contributed by atoms with Gasteiger partial charge in [-0.25, -0.2) is 4.98 Å². The number of rotatable bonds is 2. The number of aromatic nitrogens is 3. The number of allylic oxidation sites excluding steroid dienone is 2. The van der Waals surface area contributed by atoms with Crippen LogP contribution in [0.2, 0.25) is 0 Å². The first-order valence-electron chi connectivity index (χ1n) is 5.69. The Morgan fingerprint density at radius 1 is 1.42 bits per heavy atom. The van der Waals surface area contributed by atoms with Crippen molar-refractivity contribution in [2.45, 2.75) is 6.42 Å². The maximum Gasteiger partial charge on any atom is 0.173 e. The Balaban J connectivity index is 2.05. The van der Waals surface area contributed by atoms with Crippen LogP contribution in [-0.4, -0.2) is 20.8 Å². The summed E-state index contributed by atoms with van der Waals surface area (Å²) in [5, 5.41) is 7.49. The van der Waals surface area contributed by atoms with E-state index in [-0.39, 0.29) is 0 Å². The lowest BCUT2D eigenvalue weighted by molar-refractivity contribution is 0.946. The summed E-state index contributed by atoms with van der Waals surface area (Å²) in [5.41, 5.74) is 7.35. The molecule has 0 bridgehead atoms. The zero-order chi connectivity index (χ0) is 13.2. The first-order valence-corrected chi connectivity index (χ1v) is 6.48. The third-order valence-electron chi connectivity index (χ3n) is 2.58. The van der Waals surface area contributed by atoms with Crippen LogP contribution in [-0.2, 0) is 0 Å². The number of hydrogen-bond donors (Lipinski definition) is 2. The van der Waals surface area contributed by atoms with E-state index in [1.54, 1.807) is 23.0 Å². The minimum Gasteiger partial charge on any atom is -0.384 e. The summed E-state index contributed by atoms with van der Waals surface area (Å²) in [4.78, 5) is 8.39. The van der Waals surface area contributed by atoms with Gasteiger partial charge in [0.25, 0.3) is 0 Å². The molecule has 96 valence electrons. The molecule has 2 aromatic heterocycles. The quantitative estimate of drug-likeness (QED) is 0.890. The fraction of sp³-hybridized carbons (Fsp3) is 0.0833. The number of nitrogen functional groups attached to an aromatic ring is 1. The van der Waals surface area contributed by atoms with Crippen molar-refractivity contribution in [1.82, 2.24) is 14.6 Å². The van der Waals surface area contributed by atoms with Gasteiger partial charge in [0.2, 0.25) is 0 Å². The molecule has 0 radical (unpaired) electrons. The van der Waals surface area contributed by atoms with Crippen LogP contribution in [0.4, 0.5) is 11.6 Å². The van der Waals surface area contributed by atoms with E-state index in [4.69, 9.17) is 5.73 Å². The zero-order valence-corrected chi connectivity index (χ0v) is 11.5. The predicted molar refractivity (Wildman–Crippen MR) is 79.1 cm³/mol. The Kier molecular flexibility index (Phi) is 3.04. The average molecular weight is 319 g/mol. The van der Waals surface area contributed by atoms with Crippen molar-refractivity contribution in [3.8, 4) is 0 Å². The van der Waals surface area contributed by atoms with E-state index in [1.165, 1.54) is 0 Å². The molecule has 0 fully saturated rings. The Hall–Kier alpha value is -2.15. The monoisotopic (exact) mass is 318 g/mol. The zero-order valence-electron chi connectivity index (χ0n) is 9.92. The topological polar surface area (TPSA) is 80.6 Å². The molecule has 0 saturated carbocycles. The van der Waals surface area contributed by atoms with Gasteiger partial charge in [-0.05, 0) is 22.0 Å². The van der Waals surface area contributed by atoms with Crippen LogP contribution < -0.4 is 11.1 Å². The van der Waals surface area contributed by atoms with Crippen molar-refractivity contribution in [3.63, 3.8) is 0 Å². The van der Waals surface area contributed by atoms with E-state index in [1.807, 2.05) is 18.4 Å². The van der Waals surface area contributed by atoms with Gasteiger partial charge in [0.15, 0.2) is 5.65 Å². The summed E-state index contributed by atoms with van der Waals surface area (Å²) in [5.74, 6) is 1.17. The molecule has 3 rings (SSSR count). The lowest BCUT2D eigenvalue weighted by Gasteiger charge is -2.09.